The number of amides is 1. The van der Waals surface area contributed by atoms with Crippen LogP contribution < -0.4 is 5.32 Å². The van der Waals surface area contributed by atoms with E-state index >= 15 is 0 Å². The predicted molar refractivity (Wildman–Crippen MR) is 105 cm³/mol. The van der Waals surface area contributed by atoms with Crippen molar-refractivity contribution in [1.29, 1.82) is 0 Å². The molecule has 3 aliphatic rings. The topological polar surface area (TPSA) is 41.6 Å². The molecule has 3 rings (SSSR count). The fraction of sp³-hybridized carbons (Fsp3) is 0.950. The lowest BCUT2D eigenvalue weighted by Crippen LogP contribution is -2.53. The van der Waals surface area contributed by atoms with Gasteiger partial charge >= 0.3 is 0 Å². The molecule has 25 heavy (non-hydrogen) atoms. The van der Waals surface area contributed by atoms with Gasteiger partial charge in [-0.05, 0) is 75.5 Å². The van der Waals surface area contributed by atoms with Crippen molar-refractivity contribution in [1.82, 2.24) is 10.2 Å². The molecular formula is C20H36N2O2S. The summed E-state index contributed by atoms with van der Waals surface area (Å²) in [7, 11) is 0. The number of nitrogens with zero attached hydrogens (tertiary/aromatic N) is 1. The van der Waals surface area contributed by atoms with Gasteiger partial charge in [0.25, 0.3) is 0 Å². The lowest BCUT2D eigenvalue weighted by molar-refractivity contribution is -0.143. The van der Waals surface area contributed by atoms with Gasteiger partial charge in [-0.15, -0.1) is 0 Å². The highest BCUT2D eigenvalue weighted by Crippen LogP contribution is 2.31. The minimum atomic E-state index is 0.193. The van der Waals surface area contributed by atoms with E-state index in [-0.39, 0.29) is 24.8 Å². The van der Waals surface area contributed by atoms with E-state index in [4.69, 9.17) is 4.74 Å². The standard InChI is InChI=1S/C20H36N2O2S/c1-15-8-9-17(12-16(15)2)24-14-20(23)22(13-18-6-5-11-25-18)19-7-3-4-10-21-19/h15-19,21H,3-14H2,1-2H3. The summed E-state index contributed by atoms with van der Waals surface area (Å²) in [5.74, 6) is 2.94. The molecule has 0 radical (unpaired) electrons. The van der Waals surface area contributed by atoms with Crippen LogP contribution in [0.25, 0.3) is 0 Å². The molecule has 3 fully saturated rings. The van der Waals surface area contributed by atoms with E-state index in [9.17, 15) is 4.79 Å². The molecule has 2 aliphatic heterocycles. The molecule has 5 unspecified atom stereocenters. The van der Waals surface area contributed by atoms with E-state index in [1.165, 1.54) is 37.9 Å². The van der Waals surface area contributed by atoms with Gasteiger partial charge in [-0.3, -0.25) is 10.1 Å². The molecule has 0 aromatic carbocycles. The summed E-state index contributed by atoms with van der Waals surface area (Å²) >= 11 is 2.04. The monoisotopic (exact) mass is 368 g/mol. The van der Waals surface area contributed by atoms with Crippen LogP contribution in [0, 0.1) is 11.8 Å². The second-order valence-electron chi connectivity index (χ2n) is 8.35. The molecule has 1 aliphatic carbocycles. The van der Waals surface area contributed by atoms with Gasteiger partial charge in [0.05, 0.1) is 12.3 Å². The van der Waals surface area contributed by atoms with Gasteiger partial charge in [0, 0.05) is 11.8 Å². The van der Waals surface area contributed by atoms with Crippen LogP contribution in [0.5, 0.6) is 0 Å². The van der Waals surface area contributed by atoms with Crippen LogP contribution >= 0.6 is 11.8 Å². The molecule has 0 aromatic heterocycles. The Kier molecular flexibility index (Phi) is 7.50. The van der Waals surface area contributed by atoms with Crippen molar-refractivity contribution >= 4 is 17.7 Å². The summed E-state index contributed by atoms with van der Waals surface area (Å²) in [6.45, 7) is 6.84. The number of thioether (sulfide) groups is 1. The third-order valence-electron chi connectivity index (χ3n) is 6.40. The fourth-order valence-corrected chi connectivity index (χ4v) is 5.70. The van der Waals surface area contributed by atoms with Crippen molar-refractivity contribution in [3.05, 3.63) is 0 Å². The third-order valence-corrected chi connectivity index (χ3v) is 7.78. The van der Waals surface area contributed by atoms with E-state index in [2.05, 4.69) is 24.1 Å². The highest BCUT2D eigenvalue weighted by Gasteiger charge is 2.30. The lowest BCUT2D eigenvalue weighted by atomic mass is 9.80. The number of carbonyl (C=O) groups is 1. The number of rotatable bonds is 6. The van der Waals surface area contributed by atoms with Gasteiger partial charge in [0.15, 0.2) is 0 Å². The largest absolute Gasteiger partial charge is 0.368 e. The normalized spacial score (nSPS) is 36.3. The number of nitrogens with one attached hydrogen (secondary N) is 1. The number of ether oxygens (including phenoxy) is 1. The van der Waals surface area contributed by atoms with E-state index in [1.54, 1.807) is 0 Å². The smallest absolute Gasteiger partial charge is 0.249 e. The SMILES string of the molecule is CC1CCC(OCC(=O)N(CC2CCCS2)C2CCCCN2)CC1C. The summed E-state index contributed by atoms with van der Waals surface area (Å²) in [6.07, 6.45) is 10.0. The Bertz CT molecular complexity index is 422. The second kappa shape index (κ2) is 9.61. The summed E-state index contributed by atoms with van der Waals surface area (Å²) in [6, 6.07) is 0. The molecule has 2 heterocycles. The van der Waals surface area contributed by atoms with Crippen LogP contribution in [0.15, 0.2) is 0 Å². The highest BCUT2D eigenvalue weighted by atomic mass is 32.2. The van der Waals surface area contributed by atoms with Crippen molar-refractivity contribution < 1.29 is 9.53 Å². The Balaban J connectivity index is 1.52. The average Bonchev–Trinajstić information content (AvgIpc) is 3.14. The van der Waals surface area contributed by atoms with Crippen LogP contribution in [0.4, 0.5) is 0 Å². The predicted octanol–water partition coefficient (Wildman–Crippen LogP) is 3.65. The summed E-state index contributed by atoms with van der Waals surface area (Å²) in [4.78, 5) is 15.1. The Morgan fingerprint density at radius 3 is 2.68 bits per heavy atom. The van der Waals surface area contributed by atoms with Crippen LogP contribution in [-0.4, -0.2) is 53.8 Å². The van der Waals surface area contributed by atoms with E-state index in [1.807, 2.05) is 11.8 Å². The minimum Gasteiger partial charge on any atom is -0.368 e. The zero-order valence-electron chi connectivity index (χ0n) is 16.0. The van der Waals surface area contributed by atoms with Crippen molar-refractivity contribution in [3.8, 4) is 0 Å². The van der Waals surface area contributed by atoms with Crippen LogP contribution in [0.1, 0.15) is 65.2 Å². The Labute approximate surface area is 157 Å². The molecule has 0 aromatic rings. The Morgan fingerprint density at radius 2 is 2.00 bits per heavy atom. The van der Waals surface area contributed by atoms with Gasteiger partial charge < -0.3 is 9.64 Å². The third kappa shape index (κ3) is 5.61. The van der Waals surface area contributed by atoms with E-state index < -0.39 is 0 Å². The molecule has 1 saturated carbocycles. The number of hydrogen-bond donors (Lipinski definition) is 1. The average molecular weight is 369 g/mol. The molecule has 5 atom stereocenters. The van der Waals surface area contributed by atoms with Gasteiger partial charge in [0.1, 0.15) is 6.61 Å². The molecule has 2 saturated heterocycles. The van der Waals surface area contributed by atoms with Gasteiger partial charge in [-0.2, -0.15) is 11.8 Å². The highest BCUT2D eigenvalue weighted by molar-refractivity contribution is 8.00. The summed E-state index contributed by atoms with van der Waals surface area (Å²) in [5.41, 5.74) is 0. The van der Waals surface area contributed by atoms with E-state index in [0.717, 1.165) is 38.3 Å². The zero-order chi connectivity index (χ0) is 17.6. The first-order valence-electron chi connectivity index (χ1n) is 10.4. The van der Waals surface area contributed by atoms with Crippen LogP contribution in [-0.2, 0) is 9.53 Å². The Morgan fingerprint density at radius 1 is 1.12 bits per heavy atom. The molecule has 4 nitrogen and oxygen atoms in total. The van der Waals surface area contributed by atoms with Crippen LogP contribution in [0.2, 0.25) is 0 Å². The van der Waals surface area contributed by atoms with E-state index in [0.29, 0.717) is 11.2 Å². The van der Waals surface area contributed by atoms with Crippen molar-refractivity contribution in [2.45, 2.75) is 82.7 Å². The lowest BCUT2D eigenvalue weighted by Gasteiger charge is -2.37. The van der Waals surface area contributed by atoms with Crippen molar-refractivity contribution in [2.24, 2.45) is 11.8 Å². The van der Waals surface area contributed by atoms with Crippen LogP contribution in [0.3, 0.4) is 0 Å². The van der Waals surface area contributed by atoms with Crippen molar-refractivity contribution in [2.75, 3.05) is 25.4 Å². The maximum Gasteiger partial charge on any atom is 0.249 e. The quantitative estimate of drug-likeness (QED) is 0.777. The summed E-state index contributed by atoms with van der Waals surface area (Å²) in [5, 5.41) is 4.18. The molecule has 0 bridgehead atoms. The molecule has 0 spiro atoms. The van der Waals surface area contributed by atoms with Gasteiger partial charge in [-0.25, -0.2) is 0 Å². The number of carbonyl (C=O) groups excluding carboxylic acids is 1. The first-order chi connectivity index (χ1) is 12.1. The molecule has 5 heteroatoms. The number of hydrogen-bond acceptors (Lipinski definition) is 4. The molecule has 144 valence electrons. The number of piperidine rings is 1. The first-order valence-corrected chi connectivity index (χ1v) is 11.4. The zero-order valence-corrected chi connectivity index (χ0v) is 16.9. The van der Waals surface area contributed by atoms with Gasteiger partial charge in [0.2, 0.25) is 5.91 Å². The van der Waals surface area contributed by atoms with Gasteiger partial charge in [-0.1, -0.05) is 13.8 Å². The maximum atomic E-state index is 13.0. The fourth-order valence-electron chi connectivity index (χ4n) is 4.43. The molecule has 1 amide bonds. The second-order valence-corrected chi connectivity index (χ2v) is 9.76. The summed E-state index contributed by atoms with van der Waals surface area (Å²) < 4.78 is 6.07. The first kappa shape index (κ1) is 19.5. The molecule has 1 N–H and O–H groups in total. The molecular weight excluding hydrogens is 332 g/mol. The maximum absolute atomic E-state index is 13.0. The van der Waals surface area contributed by atoms with Crippen molar-refractivity contribution in [3.63, 3.8) is 0 Å². The minimum absolute atomic E-state index is 0.193. The Hall–Kier alpha value is -0.260.